The zero-order valence-electron chi connectivity index (χ0n) is 9.45. The Kier molecular flexibility index (Phi) is 4.82. The van der Waals surface area contributed by atoms with Gasteiger partial charge >= 0.3 is 0 Å². The first-order chi connectivity index (χ1) is 8.18. The van der Waals surface area contributed by atoms with Crippen LogP contribution < -0.4 is 4.72 Å². The summed E-state index contributed by atoms with van der Waals surface area (Å²) in [6, 6.07) is 4.19. The molecule has 102 valence electrons. The predicted molar refractivity (Wildman–Crippen MR) is 66.1 cm³/mol. The maximum Gasteiger partial charge on any atom is 0.283 e. The molecule has 0 aliphatic carbocycles. The van der Waals surface area contributed by atoms with Crippen molar-refractivity contribution in [3.8, 4) is 0 Å². The lowest BCUT2D eigenvalue weighted by Gasteiger charge is -2.14. The third kappa shape index (κ3) is 3.98. The highest BCUT2D eigenvalue weighted by molar-refractivity contribution is 9.10. The van der Waals surface area contributed by atoms with E-state index in [2.05, 4.69) is 15.9 Å². The van der Waals surface area contributed by atoms with Crippen LogP contribution >= 0.6 is 15.9 Å². The van der Waals surface area contributed by atoms with E-state index in [1.54, 1.807) is 11.6 Å². The molecule has 0 saturated heterocycles. The van der Waals surface area contributed by atoms with Gasteiger partial charge < -0.3 is 5.11 Å². The summed E-state index contributed by atoms with van der Waals surface area (Å²) in [6.07, 6.45) is 0. The standard InChI is InChI=1S/C10H12BrF2NO3S/c1-7-4-8(2-3-9(7)11)18(16,17)14-5-10(12,13)6-15/h2-4,14-15H,5-6H2,1H3. The number of rotatable bonds is 5. The van der Waals surface area contributed by atoms with Crippen molar-refractivity contribution in [1.29, 1.82) is 0 Å². The molecule has 0 spiro atoms. The second kappa shape index (κ2) is 5.60. The number of aryl methyl sites for hydroxylation is 1. The fraction of sp³-hybridized carbons (Fsp3) is 0.400. The lowest BCUT2D eigenvalue weighted by molar-refractivity contribution is -0.0437. The molecule has 0 atom stereocenters. The average Bonchev–Trinajstić information content (AvgIpc) is 2.30. The molecule has 18 heavy (non-hydrogen) atoms. The Morgan fingerprint density at radius 2 is 2.06 bits per heavy atom. The van der Waals surface area contributed by atoms with Gasteiger partial charge in [0.05, 0.1) is 11.4 Å². The molecular formula is C10H12BrF2NO3S. The highest BCUT2D eigenvalue weighted by Crippen LogP contribution is 2.20. The molecular weight excluding hydrogens is 332 g/mol. The van der Waals surface area contributed by atoms with Gasteiger partial charge in [0, 0.05) is 4.47 Å². The van der Waals surface area contributed by atoms with Gasteiger partial charge in [-0.05, 0) is 30.7 Å². The third-order valence-corrected chi connectivity index (χ3v) is 4.48. The Labute approximate surface area is 112 Å². The Morgan fingerprint density at radius 1 is 1.44 bits per heavy atom. The average molecular weight is 344 g/mol. The van der Waals surface area contributed by atoms with Crippen molar-refractivity contribution in [1.82, 2.24) is 4.72 Å². The van der Waals surface area contributed by atoms with E-state index >= 15 is 0 Å². The number of alkyl halides is 2. The highest BCUT2D eigenvalue weighted by Gasteiger charge is 2.30. The summed E-state index contributed by atoms with van der Waals surface area (Å²) in [5.41, 5.74) is 0.673. The first kappa shape index (κ1) is 15.5. The summed E-state index contributed by atoms with van der Waals surface area (Å²) in [7, 11) is -4.00. The van der Waals surface area contributed by atoms with Crippen molar-refractivity contribution in [2.45, 2.75) is 17.7 Å². The van der Waals surface area contributed by atoms with E-state index in [1.165, 1.54) is 18.2 Å². The first-order valence-electron chi connectivity index (χ1n) is 4.92. The number of hydrogen-bond acceptors (Lipinski definition) is 3. The lowest BCUT2D eigenvalue weighted by Crippen LogP contribution is -2.38. The molecule has 0 unspecified atom stereocenters. The number of halogens is 3. The zero-order valence-corrected chi connectivity index (χ0v) is 11.9. The molecule has 0 radical (unpaired) electrons. The first-order valence-corrected chi connectivity index (χ1v) is 7.20. The molecule has 0 aliphatic heterocycles. The van der Waals surface area contributed by atoms with Gasteiger partial charge in [-0.25, -0.2) is 21.9 Å². The summed E-state index contributed by atoms with van der Waals surface area (Å²) in [6.45, 7) is -0.860. The summed E-state index contributed by atoms with van der Waals surface area (Å²) in [4.78, 5) is -0.100. The van der Waals surface area contributed by atoms with Gasteiger partial charge in [-0.2, -0.15) is 0 Å². The molecule has 0 heterocycles. The van der Waals surface area contributed by atoms with Gasteiger partial charge in [0.2, 0.25) is 10.0 Å². The number of sulfonamides is 1. The van der Waals surface area contributed by atoms with E-state index in [-0.39, 0.29) is 4.90 Å². The quantitative estimate of drug-likeness (QED) is 0.854. The predicted octanol–water partition coefficient (Wildman–Crippen LogP) is 1.66. The summed E-state index contributed by atoms with van der Waals surface area (Å²) >= 11 is 3.21. The zero-order chi connectivity index (χ0) is 14.0. The van der Waals surface area contributed by atoms with Crippen LogP contribution in [0.25, 0.3) is 0 Å². The number of benzene rings is 1. The van der Waals surface area contributed by atoms with Gasteiger partial charge in [-0.1, -0.05) is 15.9 Å². The van der Waals surface area contributed by atoms with Crippen LogP contribution in [0.2, 0.25) is 0 Å². The Bertz CT molecular complexity index is 534. The van der Waals surface area contributed by atoms with Crippen LogP contribution in [0.15, 0.2) is 27.6 Å². The molecule has 0 aliphatic rings. The summed E-state index contributed by atoms with van der Waals surface area (Å²) in [5.74, 6) is -3.47. The smallest absolute Gasteiger partial charge is 0.283 e. The van der Waals surface area contributed by atoms with E-state index in [9.17, 15) is 17.2 Å². The number of aliphatic hydroxyl groups is 1. The maximum atomic E-state index is 12.8. The largest absolute Gasteiger partial charge is 0.390 e. The van der Waals surface area contributed by atoms with Crippen LogP contribution in [0.5, 0.6) is 0 Å². The van der Waals surface area contributed by atoms with Gasteiger partial charge in [0.1, 0.15) is 6.61 Å². The normalized spacial score (nSPS) is 12.7. The van der Waals surface area contributed by atoms with Crippen molar-refractivity contribution in [3.63, 3.8) is 0 Å². The minimum absolute atomic E-state index is 0.100. The van der Waals surface area contributed by atoms with Gasteiger partial charge in [-0.15, -0.1) is 0 Å². The minimum Gasteiger partial charge on any atom is -0.390 e. The molecule has 1 aromatic carbocycles. The lowest BCUT2D eigenvalue weighted by atomic mass is 10.2. The van der Waals surface area contributed by atoms with Gasteiger partial charge in [0.15, 0.2) is 0 Å². The van der Waals surface area contributed by atoms with E-state index in [0.717, 1.165) is 4.47 Å². The molecule has 2 N–H and O–H groups in total. The highest BCUT2D eigenvalue weighted by atomic mass is 79.9. The van der Waals surface area contributed by atoms with Crippen molar-refractivity contribution in [2.24, 2.45) is 0 Å². The fourth-order valence-corrected chi connectivity index (χ4v) is 2.52. The van der Waals surface area contributed by atoms with Gasteiger partial charge in [0.25, 0.3) is 5.92 Å². The Balaban J connectivity index is 2.90. The van der Waals surface area contributed by atoms with Crippen LogP contribution in [0, 0.1) is 6.92 Å². The summed E-state index contributed by atoms with van der Waals surface area (Å²) in [5, 5.41) is 8.35. The van der Waals surface area contributed by atoms with Crippen LogP contribution in [0.4, 0.5) is 8.78 Å². The molecule has 1 rings (SSSR count). The Morgan fingerprint density at radius 3 is 2.56 bits per heavy atom. The van der Waals surface area contributed by atoms with Crippen molar-refractivity contribution in [2.75, 3.05) is 13.2 Å². The second-order valence-corrected chi connectivity index (χ2v) is 6.37. The monoisotopic (exact) mass is 343 g/mol. The number of aliphatic hydroxyl groups excluding tert-OH is 1. The third-order valence-electron chi connectivity index (χ3n) is 2.19. The molecule has 0 aromatic heterocycles. The summed E-state index contributed by atoms with van der Waals surface area (Å²) < 4.78 is 51.4. The minimum atomic E-state index is -4.00. The van der Waals surface area contributed by atoms with Crippen LogP contribution in [-0.2, 0) is 10.0 Å². The van der Waals surface area contributed by atoms with E-state index in [1.807, 2.05) is 0 Å². The molecule has 0 saturated carbocycles. The van der Waals surface area contributed by atoms with Crippen LogP contribution in [0.1, 0.15) is 5.56 Å². The molecule has 0 fully saturated rings. The Hall–Kier alpha value is -0.570. The number of nitrogens with one attached hydrogen (secondary N) is 1. The van der Waals surface area contributed by atoms with E-state index in [4.69, 9.17) is 5.11 Å². The fourth-order valence-electron chi connectivity index (χ4n) is 1.12. The molecule has 1 aromatic rings. The van der Waals surface area contributed by atoms with Crippen molar-refractivity contribution >= 4 is 26.0 Å². The molecule has 0 bridgehead atoms. The SMILES string of the molecule is Cc1cc(S(=O)(=O)NCC(F)(F)CO)ccc1Br. The van der Waals surface area contributed by atoms with Crippen molar-refractivity contribution in [3.05, 3.63) is 28.2 Å². The van der Waals surface area contributed by atoms with Gasteiger partial charge in [-0.3, -0.25) is 0 Å². The molecule has 0 amide bonds. The second-order valence-electron chi connectivity index (χ2n) is 3.75. The van der Waals surface area contributed by atoms with Crippen LogP contribution in [0.3, 0.4) is 0 Å². The number of hydrogen-bond donors (Lipinski definition) is 2. The van der Waals surface area contributed by atoms with E-state index < -0.39 is 29.1 Å². The topological polar surface area (TPSA) is 66.4 Å². The molecule has 8 heteroatoms. The van der Waals surface area contributed by atoms with E-state index in [0.29, 0.717) is 5.56 Å². The van der Waals surface area contributed by atoms with Crippen LogP contribution in [-0.4, -0.2) is 32.6 Å². The molecule has 4 nitrogen and oxygen atoms in total. The maximum absolute atomic E-state index is 12.8. The van der Waals surface area contributed by atoms with Crippen molar-refractivity contribution < 1.29 is 22.3 Å².